The summed E-state index contributed by atoms with van der Waals surface area (Å²) in [5, 5.41) is 2.71. The molecule has 1 amide bonds. The number of rotatable bonds is 8. The lowest BCUT2D eigenvalue weighted by atomic mass is 10.2. The number of benzene rings is 1. The number of ether oxygens (including phenoxy) is 3. The fourth-order valence-electron chi connectivity index (χ4n) is 1.55. The molecule has 0 saturated heterocycles. The molecule has 1 aromatic rings. The van der Waals surface area contributed by atoms with Crippen molar-refractivity contribution in [3.63, 3.8) is 0 Å². The first kappa shape index (κ1) is 16.3. The van der Waals surface area contributed by atoms with Crippen LogP contribution in [-0.2, 0) is 14.3 Å². The fraction of sp³-hybridized carbons (Fsp3) is 0.500. The number of carbonyl (C=O) groups is 1. The van der Waals surface area contributed by atoms with E-state index in [4.69, 9.17) is 19.9 Å². The summed E-state index contributed by atoms with van der Waals surface area (Å²) in [6.07, 6.45) is -0.131. The lowest BCUT2D eigenvalue weighted by molar-refractivity contribution is -0.123. The van der Waals surface area contributed by atoms with Gasteiger partial charge in [0.15, 0.2) is 0 Å². The quantitative estimate of drug-likeness (QED) is 0.708. The van der Waals surface area contributed by atoms with E-state index >= 15 is 0 Å². The highest BCUT2D eigenvalue weighted by atomic mass is 16.5. The number of amides is 1. The zero-order chi connectivity index (χ0) is 15.0. The van der Waals surface area contributed by atoms with E-state index in [0.29, 0.717) is 30.3 Å². The van der Waals surface area contributed by atoms with Crippen molar-refractivity contribution >= 4 is 17.3 Å². The van der Waals surface area contributed by atoms with Crippen molar-refractivity contribution in [1.29, 1.82) is 0 Å². The van der Waals surface area contributed by atoms with Gasteiger partial charge in [0.2, 0.25) is 5.91 Å². The zero-order valence-electron chi connectivity index (χ0n) is 12.1. The molecule has 6 nitrogen and oxygen atoms in total. The molecule has 3 N–H and O–H groups in total. The Kier molecular flexibility index (Phi) is 6.83. The number of nitrogens with two attached hydrogens (primary N) is 1. The Balaban J connectivity index is 2.46. The van der Waals surface area contributed by atoms with Crippen molar-refractivity contribution in [2.24, 2.45) is 0 Å². The molecule has 0 heterocycles. The van der Waals surface area contributed by atoms with Gasteiger partial charge in [-0.25, -0.2) is 0 Å². The van der Waals surface area contributed by atoms with Gasteiger partial charge >= 0.3 is 0 Å². The topological polar surface area (TPSA) is 82.8 Å². The second-order valence-corrected chi connectivity index (χ2v) is 4.29. The van der Waals surface area contributed by atoms with Crippen LogP contribution in [0.1, 0.15) is 13.8 Å². The highest BCUT2D eigenvalue weighted by Gasteiger charge is 2.10. The van der Waals surface area contributed by atoms with Crippen LogP contribution in [0.3, 0.4) is 0 Å². The molecule has 1 unspecified atom stereocenters. The highest BCUT2D eigenvalue weighted by Crippen LogP contribution is 2.26. The molecule has 0 aromatic heterocycles. The summed E-state index contributed by atoms with van der Waals surface area (Å²) in [7, 11) is 1.52. The first-order valence-corrected chi connectivity index (χ1v) is 6.49. The van der Waals surface area contributed by atoms with Crippen molar-refractivity contribution in [3.8, 4) is 5.75 Å². The van der Waals surface area contributed by atoms with Crippen LogP contribution in [0.15, 0.2) is 18.2 Å². The van der Waals surface area contributed by atoms with Crippen LogP contribution in [0.4, 0.5) is 11.4 Å². The van der Waals surface area contributed by atoms with E-state index in [9.17, 15) is 4.79 Å². The predicted octanol–water partition coefficient (Wildman–Crippen LogP) is 1.66. The van der Waals surface area contributed by atoms with Crippen molar-refractivity contribution in [3.05, 3.63) is 18.2 Å². The average molecular weight is 282 g/mol. The number of carbonyl (C=O) groups excluding carboxylic acids is 1. The minimum Gasteiger partial charge on any atom is -0.494 e. The van der Waals surface area contributed by atoms with Gasteiger partial charge in [-0.1, -0.05) is 0 Å². The van der Waals surface area contributed by atoms with E-state index in [1.165, 1.54) is 7.11 Å². The molecular formula is C14H22N2O4. The zero-order valence-corrected chi connectivity index (χ0v) is 12.1. The third-order valence-corrected chi connectivity index (χ3v) is 2.56. The van der Waals surface area contributed by atoms with Crippen LogP contribution in [-0.4, -0.2) is 38.9 Å². The van der Waals surface area contributed by atoms with Crippen LogP contribution >= 0.6 is 0 Å². The molecule has 1 aromatic carbocycles. The summed E-state index contributed by atoms with van der Waals surface area (Å²) in [5.41, 5.74) is 6.78. The lowest BCUT2D eigenvalue weighted by Crippen LogP contribution is -2.24. The van der Waals surface area contributed by atoms with Gasteiger partial charge in [-0.3, -0.25) is 4.79 Å². The van der Waals surface area contributed by atoms with Crippen molar-refractivity contribution < 1.29 is 19.0 Å². The third-order valence-electron chi connectivity index (χ3n) is 2.56. The second kappa shape index (κ2) is 8.39. The van der Waals surface area contributed by atoms with Crippen molar-refractivity contribution in [1.82, 2.24) is 0 Å². The molecule has 112 valence electrons. The largest absolute Gasteiger partial charge is 0.494 e. The van der Waals surface area contributed by atoms with Gasteiger partial charge in [-0.05, 0) is 26.0 Å². The Morgan fingerprint density at radius 2 is 2.20 bits per heavy atom. The number of nitrogen functional groups attached to an aromatic ring is 1. The number of anilines is 2. The van der Waals surface area contributed by atoms with E-state index in [-0.39, 0.29) is 18.6 Å². The Bertz CT molecular complexity index is 437. The Morgan fingerprint density at radius 1 is 1.45 bits per heavy atom. The Labute approximate surface area is 119 Å². The molecule has 1 atom stereocenters. The molecule has 1 rings (SSSR count). The van der Waals surface area contributed by atoms with Crippen LogP contribution in [0.25, 0.3) is 0 Å². The molecule has 0 aliphatic carbocycles. The van der Waals surface area contributed by atoms with Gasteiger partial charge in [0.1, 0.15) is 12.4 Å². The number of methoxy groups -OCH3 is 1. The molecule has 20 heavy (non-hydrogen) atoms. The lowest BCUT2D eigenvalue weighted by Gasteiger charge is -2.14. The molecule has 0 bridgehead atoms. The monoisotopic (exact) mass is 282 g/mol. The molecule has 0 fully saturated rings. The van der Waals surface area contributed by atoms with Gasteiger partial charge in [-0.2, -0.15) is 0 Å². The minimum atomic E-state index is -0.253. The van der Waals surface area contributed by atoms with E-state index in [2.05, 4.69) is 5.32 Å². The van der Waals surface area contributed by atoms with Gasteiger partial charge in [-0.15, -0.1) is 0 Å². The van der Waals surface area contributed by atoms with Crippen LogP contribution in [0.2, 0.25) is 0 Å². The number of hydrogen-bond donors (Lipinski definition) is 2. The summed E-state index contributed by atoms with van der Waals surface area (Å²) in [4.78, 5) is 11.8. The summed E-state index contributed by atoms with van der Waals surface area (Å²) in [5.74, 6) is 0.261. The van der Waals surface area contributed by atoms with E-state index < -0.39 is 0 Å². The maximum absolute atomic E-state index is 11.8. The van der Waals surface area contributed by atoms with Gasteiger partial charge in [0.25, 0.3) is 0 Å². The molecular weight excluding hydrogens is 260 g/mol. The van der Waals surface area contributed by atoms with Crippen LogP contribution in [0.5, 0.6) is 5.75 Å². The van der Waals surface area contributed by atoms with Gasteiger partial charge in [0, 0.05) is 18.4 Å². The summed E-state index contributed by atoms with van der Waals surface area (Å²) in [6, 6.07) is 5.03. The molecule has 0 aliphatic rings. The third kappa shape index (κ3) is 5.46. The predicted molar refractivity (Wildman–Crippen MR) is 77.9 cm³/mol. The average Bonchev–Trinajstić information content (AvgIpc) is 2.44. The normalized spacial score (nSPS) is 11.9. The summed E-state index contributed by atoms with van der Waals surface area (Å²) in [6.45, 7) is 4.82. The van der Waals surface area contributed by atoms with Gasteiger partial charge < -0.3 is 25.3 Å². The Morgan fingerprint density at radius 3 is 2.85 bits per heavy atom. The molecule has 0 spiro atoms. The fourth-order valence-corrected chi connectivity index (χ4v) is 1.55. The maximum atomic E-state index is 11.8. The second-order valence-electron chi connectivity index (χ2n) is 4.29. The molecule has 0 radical (unpaired) electrons. The minimum absolute atomic E-state index is 0.0399. The maximum Gasteiger partial charge on any atom is 0.250 e. The van der Waals surface area contributed by atoms with Crippen LogP contribution < -0.4 is 15.8 Å². The first-order chi connectivity index (χ1) is 9.56. The standard InChI is InChI=1S/C14H22N2O4/c1-4-19-8-10(2)20-9-14(17)16-12-6-5-11(15)7-13(12)18-3/h5-7,10H,4,8-9,15H2,1-3H3,(H,16,17). The van der Waals surface area contributed by atoms with Crippen molar-refractivity contribution in [2.45, 2.75) is 20.0 Å². The van der Waals surface area contributed by atoms with Gasteiger partial charge in [0.05, 0.1) is 25.5 Å². The molecule has 0 saturated carbocycles. The molecule has 0 aliphatic heterocycles. The van der Waals surface area contributed by atoms with E-state index in [0.717, 1.165) is 0 Å². The number of hydrogen-bond acceptors (Lipinski definition) is 5. The smallest absolute Gasteiger partial charge is 0.250 e. The van der Waals surface area contributed by atoms with Crippen LogP contribution in [0, 0.1) is 0 Å². The summed E-state index contributed by atoms with van der Waals surface area (Å²) >= 11 is 0. The summed E-state index contributed by atoms with van der Waals surface area (Å²) < 4.78 is 15.7. The molecule has 6 heteroatoms. The van der Waals surface area contributed by atoms with E-state index in [1.54, 1.807) is 18.2 Å². The highest BCUT2D eigenvalue weighted by molar-refractivity contribution is 5.93. The first-order valence-electron chi connectivity index (χ1n) is 6.49. The number of nitrogens with one attached hydrogen (secondary N) is 1. The van der Waals surface area contributed by atoms with E-state index in [1.807, 2.05) is 13.8 Å². The SMILES string of the molecule is CCOCC(C)OCC(=O)Nc1ccc(N)cc1OC. The van der Waals surface area contributed by atoms with Crippen molar-refractivity contribution in [2.75, 3.05) is 38.0 Å². The Hall–Kier alpha value is -1.79.